The fourth-order valence-electron chi connectivity index (χ4n) is 1.93. The van der Waals surface area contributed by atoms with E-state index in [1.165, 1.54) is 23.9 Å². The Kier molecular flexibility index (Phi) is 5.84. The number of anilines is 2. The molecular weight excluding hydrogens is 385 g/mol. The summed E-state index contributed by atoms with van der Waals surface area (Å²) in [6, 6.07) is 7.87. The van der Waals surface area contributed by atoms with Gasteiger partial charge >= 0.3 is 6.09 Å². The molecule has 0 bridgehead atoms. The topological polar surface area (TPSA) is 79.5 Å². The highest BCUT2D eigenvalue weighted by molar-refractivity contribution is 9.10. The Morgan fingerprint density at radius 3 is 2.65 bits per heavy atom. The molecule has 0 unspecified atom stereocenters. The number of benzene rings is 1. The van der Waals surface area contributed by atoms with Crippen LogP contribution >= 0.6 is 27.7 Å². The summed E-state index contributed by atoms with van der Waals surface area (Å²) in [6.45, 7) is 1.99. The lowest BCUT2D eigenvalue weighted by Crippen LogP contribution is -2.29. The van der Waals surface area contributed by atoms with Crippen molar-refractivity contribution in [2.45, 2.75) is 17.7 Å². The van der Waals surface area contributed by atoms with E-state index < -0.39 is 6.09 Å². The highest BCUT2D eigenvalue weighted by Crippen LogP contribution is 2.34. The average molecular weight is 400 g/mol. The van der Waals surface area contributed by atoms with E-state index in [1.54, 1.807) is 25.1 Å². The minimum absolute atomic E-state index is 0.152. The number of amides is 1. The summed E-state index contributed by atoms with van der Waals surface area (Å²) in [4.78, 5) is 16.6. The first-order chi connectivity index (χ1) is 10.9. The van der Waals surface area contributed by atoms with Crippen LogP contribution in [0.4, 0.5) is 20.7 Å². The zero-order valence-corrected chi connectivity index (χ0v) is 14.7. The number of nitrogens with zero attached hydrogens (tertiary/aromatic N) is 2. The Balaban J connectivity index is 2.19. The monoisotopic (exact) mass is 399 g/mol. The van der Waals surface area contributed by atoms with Crippen molar-refractivity contribution in [2.75, 3.05) is 17.2 Å². The SMILES string of the molecule is CCN(C(=O)O)c1cc(Br)c(SCc2ccc(F)cc2)nc1N. The van der Waals surface area contributed by atoms with Crippen LogP contribution in [0.25, 0.3) is 0 Å². The number of pyridine rings is 1. The molecule has 1 aromatic carbocycles. The van der Waals surface area contributed by atoms with Crippen LogP contribution in [0.1, 0.15) is 12.5 Å². The van der Waals surface area contributed by atoms with E-state index in [0.29, 0.717) is 20.9 Å². The summed E-state index contributed by atoms with van der Waals surface area (Å²) in [5, 5.41) is 9.83. The molecule has 0 saturated heterocycles. The normalized spacial score (nSPS) is 10.6. The van der Waals surface area contributed by atoms with Crippen molar-refractivity contribution < 1.29 is 14.3 Å². The minimum Gasteiger partial charge on any atom is -0.465 e. The fraction of sp³-hybridized carbons (Fsp3) is 0.200. The van der Waals surface area contributed by atoms with Crippen molar-refractivity contribution in [1.82, 2.24) is 4.98 Å². The molecule has 0 radical (unpaired) electrons. The Bertz CT molecular complexity index is 713. The predicted octanol–water partition coefficient (Wildman–Crippen LogP) is 4.36. The first kappa shape index (κ1) is 17.6. The first-order valence-corrected chi connectivity index (χ1v) is 8.54. The molecule has 122 valence electrons. The molecule has 2 rings (SSSR count). The quantitative estimate of drug-likeness (QED) is 0.729. The number of thioether (sulfide) groups is 1. The van der Waals surface area contributed by atoms with Gasteiger partial charge in [0.2, 0.25) is 0 Å². The van der Waals surface area contributed by atoms with Gasteiger partial charge in [-0.25, -0.2) is 14.2 Å². The van der Waals surface area contributed by atoms with Crippen molar-refractivity contribution in [3.05, 3.63) is 46.2 Å². The van der Waals surface area contributed by atoms with Gasteiger partial charge in [-0.1, -0.05) is 12.1 Å². The number of rotatable bonds is 5. The molecule has 0 saturated carbocycles. The van der Waals surface area contributed by atoms with Gasteiger partial charge in [0.05, 0.1) is 10.2 Å². The number of hydrogen-bond donors (Lipinski definition) is 2. The number of carboxylic acid groups (broad SMARTS) is 1. The number of carbonyl (C=O) groups is 1. The zero-order valence-electron chi connectivity index (χ0n) is 12.3. The molecular formula is C15H15BrFN3O2S. The fourth-order valence-corrected chi connectivity index (χ4v) is 3.44. The maximum Gasteiger partial charge on any atom is 0.411 e. The summed E-state index contributed by atoms with van der Waals surface area (Å²) in [5.41, 5.74) is 7.19. The van der Waals surface area contributed by atoms with E-state index in [2.05, 4.69) is 20.9 Å². The van der Waals surface area contributed by atoms with Crippen molar-refractivity contribution in [3.8, 4) is 0 Å². The summed E-state index contributed by atoms with van der Waals surface area (Å²) in [5.74, 6) is 0.472. The number of nitrogens with two attached hydrogens (primary N) is 1. The lowest BCUT2D eigenvalue weighted by molar-refractivity contribution is 0.202. The highest BCUT2D eigenvalue weighted by atomic mass is 79.9. The van der Waals surface area contributed by atoms with E-state index in [1.807, 2.05) is 0 Å². The van der Waals surface area contributed by atoms with Crippen LogP contribution in [0, 0.1) is 5.82 Å². The molecule has 8 heteroatoms. The van der Waals surface area contributed by atoms with Gasteiger partial charge in [-0.3, -0.25) is 4.90 Å². The van der Waals surface area contributed by atoms with E-state index in [0.717, 1.165) is 10.5 Å². The van der Waals surface area contributed by atoms with E-state index >= 15 is 0 Å². The molecule has 23 heavy (non-hydrogen) atoms. The molecule has 3 N–H and O–H groups in total. The predicted molar refractivity (Wildman–Crippen MR) is 93.4 cm³/mol. The van der Waals surface area contributed by atoms with Crippen LogP contribution < -0.4 is 10.6 Å². The third-order valence-corrected chi connectivity index (χ3v) is 5.01. The largest absolute Gasteiger partial charge is 0.465 e. The Morgan fingerprint density at radius 2 is 2.09 bits per heavy atom. The Hall–Kier alpha value is -1.80. The smallest absolute Gasteiger partial charge is 0.411 e. The van der Waals surface area contributed by atoms with Gasteiger partial charge in [0.25, 0.3) is 0 Å². The summed E-state index contributed by atoms with van der Waals surface area (Å²) >= 11 is 4.82. The van der Waals surface area contributed by atoms with Crippen LogP contribution in [-0.4, -0.2) is 22.7 Å². The second-order valence-electron chi connectivity index (χ2n) is 4.62. The van der Waals surface area contributed by atoms with Gasteiger partial charge in [0, 0.05) is 12.3 Å². The lowest BCUT2D eigenvalue weighted by Gasteiger charge is -2.19. The molecule has 0 spiro atoms. The molecule has 0 aliphatic heterocycles. The molecule has 0 aliphatic carbocycles. The minimum atomic E-state index is -1.08. The highest BCUT2D eigenvalue weighted by Gasteiger charge is 2.18. The standard InChI is InChI=1S/C15H15BrFN3O2S/c1-2-20(15(21)22)12-7-11(16)14(19-13(12)18)23-8-9-3-5-10(17)6-4-9/h3-7H,2,8H2,1H3,(H2,18,19)(H,21,22). The van der Waals surface area contributed by atoms with Crippen LogP contribution in [0.3, 0.4) is 0 Å². The Labute approximate surface area is 145 Å². The second-order valence-corrected chi connectivity index (χ2v) is 6.44. The van der Waals surface area contributed by atoms with E-state index in [9.17, 15) is 14.3 Å². The number of halogens is 2. The van der Waals surface area contributed by atoms with Gasteiger partial charge in [-0.05, 0) is 46.6 Å². The van der Waals surface area contributed by atoms with Gasteiger partial charge < -0.3 is 10.8 Å². The van der Waals surface area contributed by atoms with Crippen molar-refractivity contribution in [2.24, 2.45) is 0 Å². The molecule has 5 nitrogen and oxygen atoms in total. The summed E-state index contributed by atoms with van der Waals surface area (Å²) in [6.07, 6.45) is -1.08. The maximum atomic E-state index is 12.9. The lowest BCUT2D eigenvalue weighted by atomic mass is 10.2. The van der Waals surface area contributed by atoms with Crippen molar-refractivity contribution in [3.63, 3.8) is 0 Å². The maximum absolute atomic E-state index is 12.9. The van der Waals surface area contributed by atoms with Gasteiger partial charge in [0.1, 0.15) is 16.7 Å². The van der Waals surface area contributed by atoms with Gasteiger partial charge in [-0.2, -0.15) is 0 Å². The molecule has 1 aromatic heterocycles. The number of aromatic nitrogens is 1. The van der Waals surface area contributed by atoms with Gasteiger partial charge in [0.15, 0.2) is 0 Å². The number of nitrogen functional groups attached to an aromatic ring is 1. The van der Waals surface area contributed by atoms with Gasteiger partial charge in [-0.15, -0.1) is 11.8 Å². The van der Waals surface area contributed by atoms with Crippen LogP contribution in [-0.2, 0) is 5.75 Å². The van der Waals surface area contributed by atoms with E-state index in [-0.39, 0.29) is 18.2 Å². The molecule has 1 heterocycles. The second kappa shape index (κ2) is 7.65. The number of hydrogen-bond acceptors (Lipinski definition) is 4. The third-order valence-electron chi connectivity index (χ3n) is 3.08. The van der Waals surface area contributed by atoms with Crippen LogP contribution in [0.2, 0.25) is 0 Å². The molecule has 0 fully saturated rings. The molecule has 2 aromatic rings. The zero-order chi connectivity index (χ0) is 17.0. The van der Waals surface area contributed by atoms with Crippen LogP contribution in [0.15, 0.2) is 39.8 Å². The summed E-state index contributed by atoms with van der Waals surface area (Å²) in [7, 11) is 0. The van der Waals surface area contributed by atoms with Crippen molar-refractivity contribution >= 4 is 45.3 Å². The third kappa shape index (κ3) is 4.35. The average Bonchev–Trinajstić information content (AvgIpc) is 2.51. The molecule has 0 aliphatic rings. The molecule has 0 atom stereocenters. The van der Waals surface area contributed by atoms with E-state index in [4.69, 9.17) is 5.73 Å². The molecule has 1 amide bonds. The Morgan fingerprint density at radius 1 is 1.43 bits per heavy atom. The summed E-state index contributed by atoms with van der Waals surface area (Å²) < 4.78 is 13.6. The van der Waals surface area contributed by atoms with Crippen molar-refractivity contribution in [1.29, 1.82) is 0 Å². The first-order valence-electron chi connectivity index (χ1n) is 6.76. The van der Waals surface area contributed by atoms with Crippen LogP contribution in [0.5, 0.6) is 0 Å².